The molecule has 0 aliphatic heterocycles. The summed E-state index contributed by atoms with van der Waals surface area (Å²) < 4.78 is 0. The van der Waals surface area contributed by atoms with E-state index in [0.29, 0.717) is 12.3 Å². The van der Waals surface area contributed by atoms with Crippen molar-refractivity contribution in [1.29, 1.82) is 5.26 Å². The Morgan fingerprint density at radius 2 is 2.25 bits per heavy atom. The monoisotopic (exact) mass is 186 g/mol. The Labute approximate surface area is 75.3 Å². The van der Waals surface area contributed by atoms with E-state index < -0.39 is 0 Å². The molecule has 4 nitrogen and oxygen atoms in total. The first-order valence-corrected chi connectivity index (χ1v) is 4.42. The smallest absolute Gasteiger partial charge is 0.216 e. The molecule has 0 radical (unpaired) electrons. The van der Waals surface area contributed by atoms with Crippen LogP contribution in [0.5, 0.6) is 0 Å². The fourth-order valence-corrected chi connectivity index (χ4v) is 1.11. The Bertz CT molecular complexity index is 210. The van der Waals surface area contributed by atoms with Crippen LogP contribution in [0.4, 0.5) is 0 Å². The highest BCUT2D eigenvalue weighted by molar-refractivity contribution is 8.13. The van der Waals surface area contributed by atoms with E-state index in [4.69, 9.17) is 5.26 Å². The van der Waals surface area contributed by atoms with Gasteiger partial charge >= 0.3 is 0 Å². The first-order chi connectivity index (χ1) is 5.66. The highest BCUT2D eigenvalue weighted by atomic mass is 32.2. The molecule has 0 fully saturated rings. The first kappa shape index (κ1) is 11.0. The molecule has 0 aromatic heterocycles. The Balaban J connectivity index is 3.27. The molecule has 66 valence electrons. The van der Waals surface area contributed by atoms with Crippen molar-refractivity contribution in [3.63, 3.8) is 0 Å². The third-order valence-electron chi connectivity index (χ3n) is 0.962. The zero-order valence-corrected chi connectivity index (χ0v) is 7.61. The van der Waals surface area contributed by atoms with Crippen molar-refractivity contribution in [3.8, 4) is 6.07 Å². The van der Waals surface area contributed by atoms with E-state index in [1.807, 2.05) is 0 Å². The molecule has 0 aromatic carbocycles. The van der Waals surface area contributed by atoms with Crippen LogP contribution in [-0.4, -0.2) is 23.3 Å². The summed E-state index contributed by atoms with van der Waals surface area (Å²) in [5.41, 5.74) is 0. The predicted molar refractivity (Wildman–Crippen MR) is 46.4 cm³/mol. The third-order valence-corrected chi connectivity index (χ3v) is 1.84. The standard InChI is InChI=1S/C7H10N2O2S/c1-6(10)9-4-5-12-7(11)2-3-8/h2,4-5H2,1H3,(H,9,10). The molecule has 5 heteroatoms. The molecular formula is C7H10N2O2S. The zero-order valence-electron chi connectivity index (χ0n) is 6.79. The molecule has 0 heterocycles. The predicted octanol–water partition coefficient (Wildman–Crippen LogP) is 0.296. The maximum Gasteiger partial charge on any atom is 0.216 e. The van der Waals surface area contributed by atoms with Gasteiger partial charge in [-0.1, -0.05) is 11.8 Å². The van der Waals surface area contributed by atoms with E-state index >= 15 is 0 Å². The lowest BCUT2D eigenvalue weighted by molar-refractivity contribution is -0.118. The largest absolute Gasteiger partial charge is 0.356 e. The van der Waals surface area contributed by atoms with Gasteiger partial charge in [-0.05, 0) is 0 Å². The fourth-order valence-electron chi connectivity index (χ4n) is 0.508. The van der Waals surface area contributed by atoms with Crippen molar-refractivity contribution in [2.75, 3.05) is 12.3 Å². The number of hydrogen-bond acceptors (Lipinski definition) is 4. The summed E-state index contributed by atoms with van der Waals surface area (Å²) in [6.45, 7) is 1.89. The molecule has 0 saturated carbocycles. The molecule has 1 N–H and O–H groups in total. The topological polar surface area (TPSA) is 70.0 Å². The Morgan fingerprint density at radius 3 is 2.75 bits per heavy atom. The Hall–Kier alpha value is -1.02. The van der Waals surface area contributed by atoms with Gasteiger partial charge in [0, 0.05) is 19.2 Å². The third kappa shape index (κ3) is 7.09. The van der Waals surface area contributed by atoms with Crippen LogP contribution in [0.15, 0.2) is 0 Å². The number of amides is 1. The maximum atomic E-state index is 10.7. The second-order valence-corrected chi connectivity index (χ2v) is 3.19. The van der Waals surface area contributed by atoms with E-state index in [0.717, 1.165) is 11.8 Å². The number of nitrogens with zero attached hydrogens (tertiary/aromatic N) is 1. The van der Waals surface area contributed by atoms with Gasteiger partial charge in [0.05, 0.1) is 6.07 Å². The molecule has 0 saturated heterocycles. The van der Waals surface area contributed by atoms with Crippen LogP contribution in [0.1, 0.15) is 13.3 Å². The van der Waals surface area contributed by atoms with E-state index in [9.17, 15) is 9.59 Å². The van der Waals surface area contributed by atoms with Crippen molar-refractivity contribution < 1.29 is 9.59 Å². The normalized spacial score (nSPS) is 8.67. The fraction of sp³-hybridized carbons (Fsp3) is 0.571. The Morgan fingerprint density at radius 1 is 1.58 bits per heavy atom. The molecule has 0 aromatic rings. The number of rotatable bonds is 4. The molecule has 0 bridgehead atoms. The van der Waals surface area contributed by atoms with Gasteiger partial charge in [0.25, 0.3) is 0 Å². The minimum Gasteiger partial charge on any atom is -0.356 e. The van der Waals surface area contributed by atoms with Crippen LogP contribution in [-0.2, 0) is 9.59 Å². The van der Waals surface area contributed by atoms with Crippen molar-refractivity contribution in [2.45, 2.75) is 13.3 Å². The van der Waals surface area contributed by atoms with E-state index in [1.54, 1.807) is 6.07 Å². The lowest BCUT2D eigenvalue weighted by Crippen LogP contribution is -2.22. The van der Waals surface area contributed by atoms with Gasteiger partial charge in [0.1, 0.15) is 6.42 Å². The quantitative estimate of drug-likeness (QED) is 0.641. The van der Waals surface area contributed by atoms with Crippen LogP contribution in [0.3, 0.4) is 0 Å². The number of carbonyl (C=O) groups excluding carboxylic acids is 2. The molecule has 0 aliphatic rings. The summed E-state index contributed by atoms with van der Waals surface area (Å²) in [5, 5.41) is 10.5. The van der Waals surface area contributed by atoms with Gasteiger partial charge < -0.3 is 5.32 Å². The average Bonchev–Trinajstić information content (AvgIpc) is 1.98. The van der Waals surface area contributed by atoms with Gasteiger partial charge in [0.2, 0.25) is 11.0 Å². The lowest BCUT2D eigenvalue weighted by atomic mass is 10.5. The number of hydrogen-bond donors (Lipinski definition) is 1. The second kappa shape index (κ2) is 6.68. The summed E-state index contributed by atoms with van der Waals surface area (Å²) in [4.78, 5) is 21.1. The van der Waals surface area contributed by atoms with Gasteiger partial charge in [-0.25, -0.2) is 0 Å². The number of thioether (sulfide) groups is 1. The molecule has 12 heavy (non-hydrogen) atoms. The van der Waals surface area contributed by atoms with E-state index in [2.05, 4.69) is 5.32 Å². The SMILES string of the molecule is CC(=O)NCCSC(=O)CC#N. The van der Waals surface area contributed by atoms with E-state index in [-0.39, 0.29) is 17.4 Å². The maximum absolute atomic E-state index is 10.7. The van der Waals surface area contributed by atoms with Crippen molar-refractivity contribution >= 4 is 22.8 Å². The molecule has 0 rings (SSSR count). The Kier molecular flexibility index (Phi) is 6.11. The summed E-state index contributed by atoms with van der Waals surface area (Å²) in [5.74, 6) is 0.420. The van der Waals surface area contributed by atoms with Crippen molar-refractivity contribution in [3.05, 3.63) is 0 Å². The van der Waals surface area contributed by atoms with Crippen molar-refractivity contribution in [2.24, 2.45) is 0 Å². The van der Waals surface area contributed by atoms with Gasteiger partial charge in [-0.3, -0.25) is 9.59 Å². The van der Waals surface area contributed by atoms with E-state index in [1.165, 1.54) is 6.92 Å². The van der Waals surface area contributed by atoms with Crippen LogP contribution >= 0.6 is 11.8 Å². The summed E-state index contributed by atoms with van der Waals surface area (Å²) in [6, 6.07) is 1.76. The zero-order chi connectivity index (χ0) is 9.40. The second-order valence-electron chi connectivity index (χ2n) is 2.04. The number of nitriles is 1. The van der Waals surface area contributed by atoms with Crippen LogP contribution < -0.4 is 5.32 Å². The summed E-state index contributed by atoms with van der Waals surface area (Å²) >= 11 is 1.07. The molecule has 0 unspecified atom stereocenters. The molecular weight excluding hydrogens is 176 g/mol. The molecule has 0 spiro atoms. The molecule has 0 aliphatic carbocycles. The highest BCUT2D eigenvalue weighted by Gasteiger charge is 2.00. The minimum absolute atomic E-state index is 0.0647. The molecule has 1 amide bonds. The van der Waals surface area contributed by atoms with Crippen LogP contribution in [0.2, 0.25) is 0 Å². The number of nitrogens with one attached hydrogen (secondary N) is 1. The first-order valence-electron chi connectivity index (χ1n) is 3.44. The van der Waals surface area contributed by atoms with Crippen molar-refractivity contribution in [1.82, 2.24) is 5.32 Å². The van der Waals surface area contributed by atoms with Crippen LogP contribution in [0, 0.1) is 11.3 Å². The number of carbonyl (C=O) groups is 2. The minimum atomic E-state index is -0.150. The summed E-state index contributed by atoms with van der Waals surface area (Å²) in [6.07, 6.45) is -0.0647. The lowest BCUT2D eigenvalue weighted by Gasteiger charge is -1.98. The highest BCUT2D eigenvalue weighted by Crippen LogP contribution is 2.02. The average molecular weight is 186 g/mol. The van der Waals surface area contributed by atoms with Gasteiger partial charge in [-0.15, -0.1) is 0 Å². The van der Waals surface area contributed by atoms with Gasteiger partial charge in [0.15, 0.2) is 0 Å². The summed E-state index contributed by atoms with van der Waals surface area (Å²) in [7, 11) is 0. The van der Waals surface area contributed by atoms with Gasteiger partial charge in [-0.2, -0.15) is 5.26 Å². The van der Waals surface area contributed by atoms with Crippen LogP contribution in [0.25, 0.3) is 0 Å². The molecule has 0 atom stereocenters.